The molecule has 0 aromatic heterocycles. The molecule has 2 aromatic carbocycles. The van der Waals surface area contributed by atoms with E-state index in [9.17, 15) is 13.2 Å². The van der Waals surface area contributed by atoms with E-state index >= 15 is 0 Å². The summed E-state index contributed by atoms with van der Waals surface area (Å²) in [6, 6.07) is 11.7. The monoisotopic (exact) mass is 404 g/mol. The predicted molar refractivity (Wildman–Crippen MR) is 114 cm³/mol. The third-order valence-electron chi connectivity index (χ3n) is 4.36. The van der Waals surface area contributed by atoms with Gasteiger partial charge in [0.05, 0.1) is 18.6 Å². The Morgan fingerprint density at radius 2 is 1.75 bits per heavy atom. The van der Waals surface area contributed by atoms with Crippen molar-refractivity contribution in [3.05, 3.63) is 53.6 Å². The molecule has 0 aliphatic rings. The van der Waals surface area contributed by atoms with Crippen LogP contribution in [0.15, 0.2) is 42.5 Å². The third kappa shape index (κ3) is 5.25. The number of amides is 1. The zero-order valence-electron chi connectivity index (χ0n) is 17.0. The third-order valence-corrected chi connectivity index (χ3v) is 5.53. The Morgan fingerprint density at radius 1 is 1.11 bits per heavy atom. The summed E-state index contributed by atoms with van der Waals surface area (Å²) >= 11 is 0. The average Bonchev–Trinajstić information content (AvgIpc) is 2.62. The number of nitrogens with zero attached hydrogens (tertiary/aromatic N) is 1. The van der Waals surface area contributed by atoms with Gasteiger partial charge in [0.2, 0.25) is 15.9 Å². The minimum Gasteiger partial charge on any atom is -0.494 e. The number of ether oxygens (including phenoxy) is 1. The number of hydrogen-bond acceptors (Lipinski definition) is 4. The first kappa shape index (κ1) is 21.8. The van der Waals surface area contributed by atoms with Crippen LogP contribution in [0.4, 0.5) is 11.4 Å². The second-order valence-corrected chi connectivity index (χ2v) is 8.58. The molecule has 1 amide bonds. The van der Waals surface area contributed by atoms with Gasteiger partial charge in [-0.2, -0.15) is 0 Å². The second kappa shape index (κ2) is 9.10. The standard InChI is InChI=1S/C21H28N2O4S/c1-6-19(21(24)22-17-10-12-18(13-11-17)27-7-2)23(28(5,25)26)20-14-15(3)8-9-16(20)4/h8-14,19H,6-7H2,1-5H3,(H,22,24)/t19-/m1/s1. The molecule has 0 radical (unpaired) electrons. The fourth-order valence-corrected chi connectivity index (χ4v) is 4.28. The van der Waals surface area contributed by atoms with Gasteiger partial charge in [-0.3, -0.25) is 9.10 Å². The fourth-order valence-electron chi connectivity index (χ4n) is 3.02. The predicted octanol–water partition coefficient (Wildman–Crippen LogP) is 3.89. The zero-order valence-corrected chi connectivity index (χ0v) is 17.8. The number of anilines is 2. The van der Waals surface area contributed by atoms with Gasteiger partial charge in [0.25, 0.3) is 0 Å². The maximum atomic E-state index is 13.0. The van der Waals surface area contributed by atoms with Gasteiger partial charge in [-0.05, 0) is 68.7 Å². The second-order valence-electron chi connectivity index (χ2n) is 6.72. The van der Waals surface area contributed by atoms with E-state index in [4.69, 9.17) is 4.74 Å². The van der Waals surface area contributed by atoms with Crippen LogP contribution in [0, 0.1) is 13.8 Å². The van der Waals surface area contributed by atoms with Crippen molar-refractivity contribution in [1.82, 2.24) is 0 Å². The number of aryl methyl sites for hydroxylation is 2. The van der Waals surface area contributed by atoms with Gasteiger partial charge in [-0.25, -0.2) is 8.42 Å². The van der Waals surface area contributed by atoms with Gasteiger partial charge in [0, 0.05) is 5.69 Å². The van der Waals surface area contributed by atoms with E-state index in [2.05, 4.69) is 5.32 Å². The molecule has 0 fully saturated rings. The Balaban J connectivity index is 2.35. The molecule has 1 N–H and O–H groups in total. The van der Waals surface area contributed by atoms with Gasteiger partial charge < -0.3 is 10.1 Å². The first-order valence-electron chi connectivity index (χ1n) is 9.27. The molecule has 0 heterocycles. The van der Waals surface area contributed by atoms with Crippen molar-refractivity contribution >= 4 is 27.3 Å². The smallest absolute Gasteiger partial charge is 0.248 e. The average molecular weight is 405 g/mol. The van der Waals surface area contributed by atoms with E-state index in [1.54, 1.807) is 37.3 Å². The molecule has 0 aliphatic heterocycles. The van der Waals surface area contributed by atoms with Crippen LogP contribution in [0.2, 0.25) is 0 Å². The van der Waals surface area contributed by atoms with E-state index < -0.39 is 16.1 Å². The lowest BCUT2D eigenvalue weighted by Crippen LogP contribution is -2.47. The zero-order chi connectivity index (χ0) is 20.9. The number of carbonyl (C=O) groups is 1. The molecule has 1 atom stereocenters. The Morgan fingerprint density at radius 3 is 2.29 bits per heavy atom. The van der Waals surface area contributed by atoms with Gasteiger partial charge in [0.15, 0.2) is 0 Å². The molecule has 152 valence electrons. The largest absolute Gasteiger partial charge is 0.494 e. The minimum atomic E-state index is -3.67. The number of carbonyl (C=O) groups excluding carboxylic acids is 1. The SMILES string of the molecule is CCOc1ccc(NC(=O)[C@@H](CC)N(c2cc(C)ccc2C)S(C)(=O)=O)cc1. The van der Waals surface area contributed by atoms with Crippen molar-refractivity contribution in [3.8, 4) is 5.75 Å². The Labute approximate surface area is 167 Å². The van der Waals surface area contributed by atoms with E-state index in [1.807, 2.05) is 32.9 Å². The van der Waals surface area contributed by atoms with Gasteiger partial charge in [0.1, 0.15) is 11.8 Å². The highest BCUT2D eigenvalue weighted by Gasteiger charge is 2.32. The lowest BCUT2D eigenvalue weighted by molar-refractivity contribution is -0.117. The maximum Gasteiger partial charge on any atom is 0.248 e. The molecule has 7 heteroatoms. The number of benzene rings is 2. The lowest BCUT2D eigenvalue weighted by Gasteiger charge is -2.31. The van der Waals surface area contributed by atoms with Crippen molar-refractivity contribution in [2.24, 2.45) is 0 Å². The number of hydrogen-bond donors (Lipinski definition) is 1. The van der Waals surface area contributed by atoms with E-state index in [-0.39, 0.29) is 5.91 Å². The fraction of sp³-hybridized carbons (Fsp3) is 0.381. The summed E-state index contributed by atoms with van der Waals surface area (Å²) in [7, 11) is -3.67. The van der Waals surface area contributed by atoms with Crippen LogP contribution >= 0.6 is 0 Å². The van der Waals surface area contributed by atoms with Crippen LogP contribution in [0.1, 0.15) is 31.4 Å². The number of rotatable bonds is 8. The first-order valence-corrected chi connectivity index (χ1v) is 11.1. The molecule has 0 saturated carbocycles. The highest BCUT2D eigenvalue weighted by molar-refractivity contribution is 7.92. The van der Waals surface area contributed by atoms with Crippen molar-refractivity contribution in [2.75, 3.05) is 22.5 Å². The Hall–Kier alpha value is -2.54. The van der Waals surface area contributed by atoms with Crippen LogP contribution in [-0.2, 0) is 14.8 Å². The lowest BCUT2D eigenvalue weighted by atomic mass is 10.1. The van der Waals surface area contributed by atoms with Crippen molar-refractivity contribution in [2.45, 2.75) is 40.2 Å². The Bertz CT molecular complexity index is 924. The highest BCUT2D eigenvalue weighted by atomic mass is 32.2. The van der Waals surface area contributed by atoms with E-state index in [1.165, 1.54) is 4.31 Å². The maximum absolute atomic E-state index is 13.0. The summed E-state index contributed by atoms with van der Waals surface area (Å²) < 4.78 is 31.8. The molecular weight excluding hydrogens is 376 g/mol. The molecule has 0 aliphatic carbocycles. The summed E-state index contributed by atoms with van der Waals surface area (Å²) in [5.41, 5.74) is 2.83. The molecule has 0 saturated heterocycles. The molecule has 0 bridgehead atoms. The van der Waals surface area contributed by atoms with Crippen LogP contribution in [0.25, 0.3) is 0 Å². The van der Waals surface area contributed by atoms with Crippen molar-refractivity contribution < 1.29 is 17.9 Å². The number of sulfonamides is 1. The summed E-state index contributed by atoms with van der Waals surface area (Å²) in [6.45, 7) is 7.98. The quantitative estimate of drug-likeness (QED) is 0.724. The summed E-state index contributed by atoms with van der Waals surface area (Å²) in [4.78, 5) is 13.0. The molecule has 2 rings (SSSR count). The minimum absolute atomic E-state index is 0.337. The van der Waals surface area contributed by atoms with Crippen LogP contribution in [0.5, 0.6) is 5.75 Å². The van der Waals surface area contributed by atoms with Gasteiger partial charge >= 0.3 is 0 Å². The van der Waals surface area contributed by atoms with Gasteiger partial charge in [-0.1, -0.05) is 19.1 Å². The summed E-state index contributed by atoms with van der Waals surface area (Å²) in [5, 5.41) is 2.82. The highest BCUT2D eigenvalue weighted by Crippen LogP contribution is 2.28. The van der Waals surface area contributed by atoms with Crippen LogP contribution in [-0.4, -0.2) is 33.2 Å². The molecular formula is C21H28N2O4S. The Kier molecular flexibility index (Phi) is 7.07. The molecule has 6 nitrogen and oxygen atoms in total. The number of nitrogens with one attached hydrogen (secondary N) is 1. The van der Waals surface area contributed by atoms with Crippen LogP contribution < -0.4 is 14.4 Å². The summed E-state index contributed by atoms with van der Waals surface area (Å²) in [6.07, 6.45) is 1.46. The summed E-state index contributed by atoms with van der Waals surface area (Å²) in [5.74, 6) is 0.332. The normalized spacial score (nSPS) is 12.3. The van der Waals surface area contributed by atoms with Crippen molar-refractivity contribution in [1.29, 1.82) is 0 Å². The topological polar surface area (TPSA) is 75.7 Å². The molecule has 2 aromatic rings. The van der Waals surface area contributed by atoms with Crippen molar-refractivity contribution in [3.63, 3.8) is 0 Å². The van der Waals surface area contributed by atoms with Gasteiger partial charge in [-0.15, -0.1) is 0 Å². The van der Waals surface area contributed by atoms with E-state index in [0.717, 1.165) is 17.4 Å². The molecule has 0 unspecified atom stereocenters. The van der Waals surface area contributed by atoms with Crippen LogP contribution in [0.3, 0.4) is 0 Å². The first-order chi connectivity index (χ1) is 13.2. The molecule has 28 heavy (non-hydrogen) atoms. The van der Waals surface area contributed by atoms with E-state index in [0.29, 0.717) is 30.2 Å². The molecule has 0 spiro atoms.